The first-order valence-electron chi connectivity index (χ1n) is 7.53. The first-order chi connectivity index (χ1) is 11.7. The summed E-state index contributed by atoms with van der Waals surface area (Å²) < 4.78 is 38.3. The Morgan fingerprint density at radius 3 is 2.48 bits per heavy atom. The Morgan fingerprint density at radius 2 is 1.80 bits per heavy atom. The number of hydrazone groups is 1. The zero-order valence-electron chi connectivity index (χ0n) is 14.0. The number of rotatable bonds is 3. The summed E-state index contributed by atoms with van der Waals surface area (Å²) in [6.45, 7) is 5.53. The number of hydrogen-bond acceptors (Lipinski definition) is 2. The molecular weight excluding hydrogens is 347 g/mol. The number of hydrogen-bond donors (Lipinski definition) is 2. The number of alkyl halides is 3. The Hall–Kier alpha value is -2.41. The van der Waals surface area contributed by atoms with Crippen LogP contribution in [0.4, 0.5) is 18.9 Å². The van der Waals surface area contributed by atoms with E-state index in [1.54, 1.807) is 13.0 Å². The Kier molecular flexibility index (Phi) is 5.79. The van der Waals surface area contributed by atoms with Crippen LogP contribution in [0.15, 0.2) is 47.6 Å². The van der Waals surface area contributed by atoms with Gasteiger partial charge in [0.15, 0.2) is 5.11 Å². The molecule has 0 aromatic heterocycles. The van der Waals surface area contributed by atoms with Gasteiger partial charge in [0.25, 0.3) is 0 Å². The summed E-state index contributed by atoms with van der Waals surface area (Å²) >= 11 is 5.18. The van der Waals surface area contributed by atoms with E-state index in [0.29, 0.717) is 11.3 Å². The normalized spacial score (nSPS) is 12.0. The largest absolute Gasteiger partial charge is 0.416 e. The highest BCUT2D eigenvalue weighted by molar-refractivity contribution is 7.80. The van der Waals surface area contributed by atoms with Gasteiger partial charge in [0.1, 0.15) is 0 Å². The second kappa shape index (κ2) is 7.65. The number of halogens is 3. The lowest BCUT2D eigenvalue weighted by Gasteiger charge is -2.12. The van der Waals surface area contributed by atoms with Crippen molar-refractivity contribution in [3.05, 3.63) is 64.7 Å². The molecule has 7 heteroatoms. The molecule has 0 saturated carbocycles. The third kappa shape index (κ3) is 5.29. The Labute approximate surface area is 149 Å². The molecule has 0 aliphatic heterocycles. The van der Waals surface area contributed by atoms with Gasteiger partial charge < -0.3 is 5.32 Å². The highest BCUT2D eigenvalue weighted by atomic mass is 32.1. The SMILES string of the molecule is C/C(=N/NC(=S)Nc1cc(C)ccc1C)c1cccc(C(F)(F)F)c1. The highest BCUT2D eigenvalue weighted by Crippen LogP contribution is 2.29. The molecular formula is C18H18F3N3S. The number of benzene rings is 2. The lowest BCUT2D eigenvalue weighted by molar-refractivity contribution is -0.137. The average Bonchev–Trinajstić information content (AvgIpc) is 2.55. The minimum atomic E-state index is -4.39. The molecule has 0 amide bonds. The van der Waals surface area contributed by atoms with Gasteiger partial charge in [0.05, 0.1) is 11.3 Å². The fourth-order valence-corrected chi connectivity index (χ4v) is 2.30. The molecule has 0 fully saturated rings. The molecule has 0 aliphatic carbocycles. The minimum absolute atomic E-state index is 0.264. The van der Waals surface area contributed by atoms with Crippen molar-refractivity contribution < 1.29 is 13.2 Å². The molecule has 2 aromatic rings. The summed E-state index contributed by atoms with van der Waals surface area (Å²) in [6.07, 6.45) is -4.39. The van der Waals surface area contributed by atoms with Crippen molar-refractivity contribution in [1.82, 2.24) is 5.43 Å². The molecule has 2 N–H and O–H groups in total. The third-order valence-corrected chi connectivity index (χ3v) is 3.77. The molecule has 0 aliphatic rings. The second-order valence-corrected chi connectivity index (χ2v) is 6.07. The molecule has 2 rings (SSSR count). The van der Waals surface area contributed by atoms with Crippen LogP contribution in [0.25, 0.3) is 0 Å². The summed E-state index contributed by atoms with van der Waals surface area (Å²) in [6, 6.07) is 10.9. The molecule has 0 atom stereocenters. The molecule has 0 saturated heterocycles. The van der Waals surface area contributed by atoms with Crippen LogP contribution in [0.1, 0.15) is 29.2 Å². The quantitative estimate of drug-likeness (QED) is 0.455. The zero-order chi connectivity index (χ0) is 18.6. The van der Waals surface area contributed by atoms with E-state index in [1.807, 2.05) is 32.0 Å². The summed E-state index contributed by atoms with van der Waals surface area (Å²) in [7, 11) is 0. The predicted octanol–water partition coefficient (Wildman–Crippen LogP) is 5.03. The Balaban J connectivity index is 2.08. The molecule has 25 heavy (non-hydrogen) atoms. The van der Waals surface area contributed by atoms with Gasteiger partial charge in [-0.05, 0) is 67.9 Å². The molecule has 0 radical (unpaired) electrons. The molecule has 0 bridgehead atoms. The van der Waals surface area contributed by atoms with Crippen LogP contribution >= 0.6 is 12.2 Å². The fraction of sp³-hybridized carbons (Fsp3) is 0.222. The predicted molar refractivity (Wildman–Crippen MR) is 98.9 cm³/mol. The van der Waals surface area contributed by atoms with Crippen molar-refractivity contribution in [3.63, 3.8) is 0 Å². The summed E-state index contributed by atoms with van der Waals surface area (Å²) in [5.41, 5.74) is 5.68. The highest BCUT2D eigenvalue weighted by Gasteiger charge is 2.30. The van der Waals surface area contributed by atoms with Gasteiger partial charge in [-0.3, -0.25) is 5.43 Å². The third-order valence-electron chi connectivity index (χ3n) is 3.57. The average molecular weight is 365 g/mol. The van der Waals surface area contributed by atoms with Crippen molar-refractivity contribution in [3.8, 4) is 0 Å². The van der Waals surface area contributed by atoms with E-state index >= 15 is 0 Å². The van der Waals surface area contributed by atoms with Crippen molar-refractivity contribution >= 4 is 28.7 Å². The van der Waals surface area contributed by atoms with Crippen LogP contribution in [0.3, 0.4) is 0 Å². The van der Waals surface area contributed by atoms with E-state index in [4.69, 9.17) is 12.2 Å². The number of aryl methyl sites for hydroxylation is 2. The van der Waals surface area contributed by atoms with Crippen LogP contribution in [0, 0.1) is 13.8 Å². The van der Waals surface area contributed by atoms with Crippen molar-refractivity contribution in [2.45, 2.75) is 26.9 Å². The lowest BCUT2D eigenvalue weighted by atomic mass is 10.1. The van der Waals surface area contributed by atoms with E-state index in [1.165, 1.54) is 6.07 Å². The van der Waals surface area contributed by atoms with E-state index in [-0.39, 0.29) is 5.11 Å². The summed E-state index contributed by atoms with van der Waals surface area (Å²) in [5.74, 6) is 0. The van der Waals surface area contributed by atoms with Crippen molar-refractivity contribution in [2.75, 3.05) is 5.32 Å². The first-order valence-corrected chi connectivity index (χ1v) is 7.94. The molecule has 0 spiro atoms. The van der Waals surface area contributed by atoms with Gasteiger partial charge in [-0.15, -0.1) is 0 Å². The minimum Gasteiger partial charge on any atom is -0.331 e. The first kappa shape index (κ1) is 18.9. The Morgan fingerprint density at radius 1 is 1.08 bits per heavy atom. The van der Waals surface area contributed by atoms with Crippen molar-refractivity contribution in [2.24, 2.45) is 5.10 Å². The maximum atomic E-state index is 12.8. The monoisotopic (exact) mass is 365 g/mol. The maximum Gasteiger partial charge on any atom is 0.416 e. The van der Waals surface area contributed by atoms with Gasteiger partial charge in [-0.2, -0.15) is 18.3 Å². The fourth-order valence-electron chi connectivity index (χ4n) is 2.14. The van der Waals surface area contributed by atoms with E-state index in [0.717, 1.165) is 28.9 Å². The van der Waals surface area contributed by atoms with E-state index in [9.17, 15) is 13.2 Å². The molecule has 0 unspecified atom stereocenters. The van der Waals surface area contributed by atoms with Gasteiger partial charge in [-0.25, -0.2) is 0 Å². The summed E-state index contributed by atoms with van der Waals surface area (Å²) in [5, 5.41) is 7.35. The molecule has 3 nitrogen and oxygen atoms in total. The maximum absolute atomic E-state index is 12.8. The van der Waals surface area contributed by atoms with Crippen LogP contribution in [0.2, 0.25) is 0 Å². The Bertz CT molecular complexity index is 813. The van der Waals surface area contributed by atoms with E-state index in [2.05, 4.69) is 15.8 Å². The van der Waals surface area contributed by atoms with Gasteiger partial charge in [0, 0.05) is 5.69 Å². The second-order valence-electron chi connectivity index (χ2n) is 5.66. The summed E-state index contributed by atoms with van der Waals surface area (Å²) in [4.78, 5) is 0. The molecule has 132 valence electrons. The smallest absolute Gasteiger partial charge is 0.331 e. The van der Waals surface area contributed by atoms with Gasteiger partial charge in [0.2, 0.25) is 0 Å². The zero-order valence-corrected chi connectivity index (χ0v) is 14.8. The van der Waals surface area contributed by atoms with Crippen LogP contribution in [-0.2, 0) is 6.18 Å². The standard InChI is InChI=1S/C18H18F3N3S/c1-11-7-8-12(2)16(9-11)22-17(25)24-23-13(3)14-5-4-6-15(10-14)18(19,20)21/h4-10H,1-3H3,(H2,22,24,25)/b23-13-. The molecule has 2 aromatic carbocycles. The van der Waals surface area contributed by atoms with Gasteiger partial charge in [-0.1, -0.05) is 24.3 Å². The van der Waals surface area contributed by atoms with Crippen LogP contribution in [0.5, 0.6) is 0 Å². The molecule has 0 heterocycles. The number of nitrogens with zero attached hydrogens (tertiary/aromatic N) is 1. The number of thiocarbonyl (C=S) groups is 1. The number of anilines is 1. The van der Waals surface area contributed by atoms with Crippen LogP contribution < -0.4 is 10.7 Å². The lowest BCUT2D eigenvalue weighted by Crippen LogP contribution is -2.25. The van der Waals surface area contributed by atoms with E-state index < -0.39 is 11.7 Å². The topological polar surface area (TPSA) is 36.4 Å². The van der Waals surface area contributed by atoms with Crippen LogP contribution in [-0.4, -0.2) is 10.8 Å². The van der Waals surface area contributed by atoms with Gasteiger partial charge >= 0.3 is 6.18 Å². The number of nitrogens with one attached hydrogen (secondary N) is 2. The van der Waals surface area contributed by atoms with Crippen molar-refractivity contribution in [1.29, 1.82) is 0 Å².